The fraction of sp³-hybridized carbons (Fsp3) is 0.467. The number of rotatable bonds is 5. The molecule has 3 N–H and O–H groups in total. The number of benzene rings is 1. The number of hydrogen-bond acceptors (Lipinski definition) is 3. The highest BCUT2D eigenvalue weighted by atomic mass is 16.3. The second-order valence-corrected chi connectivity index (χ2v) is 5.06. The Kier molecular flexibility index (Phi) is 5.12. The molecule has 0 saturated carbocycles. The van der Waals surface area contributed by atoms with Gasteiger partial charge in [0.05, 0.1) is 5.92 Å². The highest BCUT2D eigenvalue weighted by Gasteiger charge is 2.24. The van der Waals surface area contributed by atoms with Crippen molar-refractivity contribution in [1.29, 1.82) is 0 Å². The van der Waals surface area contributed by atoms with E-state index in [1.165, 1.54) is 0 Å². The maximum Gasteiger partial charge on any atom is 0.229 e. The normalized spacial score (nSPS) is 18.4. The quantitative estimate of drug-likeness (QED) is 0.753. The van der Waals surface area contributed by atoms with Crippen molar-refractivity contribution in [3.05, 3.63) is 29.8 Å². The summed E-state index contributed by atoms with van der Waals surface area (Å²) in [7, 11) is 0. The van der Waals surface area contributed by atoms with Gasteiger partial charge in [0, 0.05) is 25.3 Å². The molecule has 0 aliphatic carbocycles. The molecule has 1 saturated heterocycles. The maximum atomic E-state index is 12.1. The Bertz CT molecular complexity index is 478. The molecule has 1 aromatic rings. The molecule has 0 spiro atoms. The first-order valence-electron chi connectivity index (χ1n) is 6.96. The lowest BCUT2D eigenvalue weighted by Gasteiger charge is -2.21. The average molecular weight is 276 g/mol. The Balaban J connectivity index is 1.92. The van der Waals surface area contributed by atoms with Gasteiger partial charge in [0.25, 0.3) is 0 Å². The highest BCUT2D eigenvalue weighted by molar-refractivity contribution is 5.94. The van der Waals surface area contributed by atoms with Gasteiger partial charge in [-0.15, -0.1) is 0 Å². The van der Waals surface area contributed by atoms with E-state index in [1.54, 1.807) is 0 Å². The summed E-state index contributed by atoms with van der Waals surface area (Å²) in [5.41, 5.74) is 1.86. The SMILES string of the molecule is O=C1CCC(C(=O)Nc2cccc(CCCO)c2)CN1. The molecule has 2 rings (SSSR count). The molecule has 1 unspecified atom stereocenters. The molecule has 1 heterocycles. The number of aliphatic hydroxyl groups is 1. The van der Waals surface area contributed by atoms with Crippen LogP contribution in [0.5, 0.6) is 0 Å². The molecule has 1 aliphatic heterocycles. The third-order valence-electron chi connectivity index (χ3n) is 3.45. The summed E-state index contributed by atoms with van der Waals surface area (Å²) in [5.74, 6) is -0.196. The molecule has 1 aliphatic rings. The lowest BCUT2D eigenvalue weighted by atomic mass is 9.98. The van der Waals surface area contributed by atoms with Crippen molar-refractivity contribution in [1.82, 2.24) is 5.32 Å². The van der Waals surface area contributed by atoms with Crippen molar-refractivity contribution in [3.8, 4) is 0 Å². The minimum absolute atomic E-state index is 0.0139. The molecule has 1 fully saturated rings. The number of carbonyl (C=O) groups excluding carboxylic acids is 2. The third-order valence-corrected chi connectivity index (χ3v) is 3.45. The monoisotopic (exact) mass is 276 g/mol. The van der Waals surface area contributed by atoms with Gasteiger partial charge in [-0.3, -0.25) is 9.59 Å². The second kappa shape index (κ2) is 7.05. The van der Waals surface area contributed by atoms with Crippen molar-refractivity contribution in [2.75, 3.05) is 18.5 Å². The van der Waals surface area contributed by atoms with Gasteiger partial charge in [-0.2, -0.15) is 0 Å². The summed E-state index contributed by atoms with van der Waals surface area (Å²) < 4.78 is 0. The van der Waals surface area contributed by atoms with Gasteiger partial charge in [-0.1, -0.05) is 12.1 Å². The van der Waals surface area contributed by atoms with E-state index in [2.05, 4.69) is 10.6 Å². The van der Waals surface area contributed by atoms with Crippen molar-refractivity contribution in [2.45, 2.75) is 25.7 Å². The molecule has 108 valence electrons. The van der Waals surface area contributed by atoms with E-state index < -0.39 is 0 Å². The van der Waals surface area contributed by atoms with Crippen LogP contribution in [0.3, 0.4) is 0 Å². The first-order chi connectivity index (χ1) is 9.69. The van der Waals surface area contributed by atoms with E-state index in [0.29, 0.717) is 25.8 Å². The van der Waals surface area contributed by atoms with E-state index >= 15 is 0 Å². The summed E-state index contributed by atoms with van der Waals surface area (Å²) in [6.45, 7) is 0.577. The van der Waals surface area contributed by atoms with Crippen LogP contribution in [0.25, 0.3) is 0 Å². The molecule has 1 atom stereocenters. The van der Waals surface area contributed by atoms with Gasteiger partial charge in [0.15, 0.2) is 0 Å². The number of carbonyl (C=O) groups is 2. The van der Waals surface area contributed by atoms with Gasteiger partial charge >= 0.3 is 0 Å². The van der Waals surface area contributed by atoms with Crippen LogP contribution in [0, 0.1) is 5.92 Å². The molecule has 5 nitrogen and oxygen atoms in total. The minimum Gasteiger partial charge on any atom is -0.396 e. The van der Waals surface area contributed by atoms with Crippen LogP contribution in [-0.2, 0) is 16.0 Å². The van der Waals surface area contributed by atoms with Crippen LogP contribution < -0.4 is 10.6 Å². The molecule has 0 aromatic heterocycles. The second-order valence-electron chi connectivity index (χ2n) is 5.06. The molecule has 1 aromatic carbocycles. The van der Waals surface area contributed by atoms with E-state index in [-0.39, 0.29) is 24.3 Å². The zero-order valence-corrected chi connectivity index (χ0v) is 11.4. The summed E-state index contributed by atoms with van der Waals surface area (Å²) in [6, 6.07) is 7.65. The average Bonchev–Trinajstić information content (AvgIpc) is 2.46. The lowest BCUT2D eigenvalue weighted by Crippen LogP contribution is -2.40. The molecule has 20 heavy (non-hydrogen) atoms. The minimum atomic E-state index is -0.159. The first-order valence-corrected chi connectivity index (χ1v) is 6.96. The highest BCUT2D eigenvalue weighted by Crippen LogP contribution is 2.16. The van der Waals surface area contributed by atoms with Gasteiger partial charge in [0.1, 0.15) is 0 Å². The van der Waals surface area contributed by atoms with Crippen molar-refractivity contribution >= 4 is 17.5 Å². The smallest absolute Gasteiger partial charge is 0.229 e. The number of nitrogens with one attached hydrogen (secondary N) is 2. The van der Waals surface area contributed by atoms with Crippen LogP contribution in [-0.4, -0.2) is 30.1 Å². The fourth-order valence-corrected chi connectivity index (χ4v) is 2.29. The number of aliphatic hydroxyl groups excluding tert-OH is 1. The summed E-state index contributed by atoms with van der Waals surface area (Å²) in [5, 5.41) is 14.4. The summed E-state index contributed by atoms with van der Waals surface area (Å²) >= 11 is 0. The number of aryl methyl sites for hydroxylation is 1. The zero-order chi connectivity index (χ0) is 14.4. The Hall–Kier alpha value is -1.88. The van der Waals surface area contributed by atoms with Crippen LogP contribution in [0.2, 0.25) is 0 Å². The molecule has 2 amide bonds. The van der Waals surface area contributed by atoms with Crippen LogP contribution in [0.4, 0.5) is 5.69 Å². The van der Waals surface area contributed by atoms with E-state index in [1.807, 2.05) is 24.3 Å². The van der Waals surface area contributed by atoms with E-state index in [0.717, 1.165) is 17.7 Å². The Morgan fingerprint density at radius 3 is 3.00 bits per heavy atom. The Morgan fingerprint density at radius 2 is 2.30 bits per heavy atom. The number of anilines is 1. The van der Waals surface area contributed by atoms with E-state index in [9.17, 15) is 9.59 Å². The number of amides is 2. The number of piperidine rings is 1. The van der Waals surface area contributed by atoms with Gasteiger partial charge in [-0.05, 0) is 37.0 Å². The third kappa shape index (κ3) is 4.06. The predicted molar refractivity (Wildman–Crippen MR) is 76.2 cm³/mol. The lowest BCUT2D eigenvalue weighted by molar-refractivity contribution is -0.126. The largest absolute Gasteiger partial charge is 0.396 e. The Labute approximate surface area is 118 Å². The molecular formula is C15H20N2O3. The molecule has 5 heteroatoms. The predicted octanol–water partition coefficient (Wildman–Crippen LogP) is 1.08. The van der Waals surface area contributed by atoms with Gasteiger partial charge < -0.3 is 15.7 Å². The standard InChI is InChI=1S/C15H20N2O3/c18-8-2-4-11-3-1-5-13(9-11)17-15(20)12-6-7-14(19)16-10-12/h1,3,5,9,12,18H,2,4,6-8,10H2,(H,16,19)(H,17,20). The first kappa shape index (κ1) is 14.5. The topological polar surface area (TPSA) is 78.4 Å². The molecule has 0 bridgehead atoms. The number of hydrogen-bond donors (Lipinski definition) is 3. The van der Waals surface area contributed by atoms with Gasteiger partial charge in [-0.25, -0.2) is 0 Å². The zero-order valence-electron chi connectivity index (χ0n) is 11.4. The van der Waals surface area contributed by atoms with Crippen LogP contribution in [0.1, 0.15) is 24.8 Å². The fourth-order valence-electron chi connectivity index (χ4n) is 2.29. The van der Waals surface area contributed by atoms with Gasteiger partial charge in [0.2, 0.25) is 11.8 Å². The Morgan fingerprint density at radius 1 is 1.45 bits per heavy atom. The maximum absolute atomic E-state index is 12.1. The van der Waals surface area contributed by atoms with Crippen molar-refractivity contribution < 1.29 is 14.7 Å². The molecular weight excluding hydrogens is 256 g/mol. The van der Waals surface area contributed by atoms with Crippen LogP contribution in [0.15, 0.2) is 24.3 Å². The van der Waals surface area contributed by atoms with Crippen molar-refractivity contribution in [2.24, 2.45) is 5.92 Å². The van der Waals surface area contributed by atoms with Crippen LogP contribution >= 0.6 is 0 Å². The van der Waals surface area contributed by atoms with Crippen molar-refractivity contribution in [3.63, 3.8) is 0 Å². The molecule has 0 radical (unpaired) electrons. The summed E-state index contributed by atoms with van der Waals surface area (Å²) in [6.07, 6.45) is 2.52. The summed E-state index contributed by atoms with van der Waals surface area (Å²) in [4.78, 5) is 23.2. The van der Waals surface area contributed by atoms with E-state index in [4.69, 9.17) is 5.11 Å².